The van der Waals surface area contributed by atoms with Crippen molar-refractivity contribution in [3.8, 4) is 11.3 Å². The van der Waals surface area contributed by atoms with Crippen LogP contribution < -0.4 is 5.43 Å². The van der Waals surface area contributed by atoms with Gasteiger partial charge in [0.1, 0.15) is 11.5 Å². The zero-order chi connectivity index (χ0) is 20.8. The van der Waals surface area contributed by atoms with Gasteiger partial charge in [0.15, 0.2) is 0 Å². The third-order valence-corrected chi connectivity index (χ3v) is 4.61. The number of halogens is 1. The highest BCUT2D eigenvalue weighted by Gasteiger charge is 2.12. The first-order chi connectivity index (χ1) is 14.0. The first-order valence-corrected chi connectivity index (χ1v) is 9.37. The van der Waals surface area contributed by atoms with Crippen LogP contribution in [0.5, 0.6) is 0 Å². The number of benzene rings is 2. The quantitative estimate of drug-likeness (QED) is 0.441. The second kappa shape index (κ2) is 9.21. The van der Waals surface area contributed by atoms with Crippen LogP contribution >= 0.6 is 11.6 Å². The van der Waals surface area contributed by atoms with E-state index in [0.29, 0.717) is 17.1 Å². The highest BCUT2D eigenvalue weighted by molar-refractivity contribution is 6.33. The number of aromatic carboxylic acids is 1. The summed E-state index contributed by atoms with van der Waals surface area (Å²) in [5, 5.41) is 13.2. The van der Waals surface area contributed by atoms with E-state index in [0.717, 1.165) is 12.0 Å². The van der Waals surface area contributed by atoms with Gasteiger partial charge in [-0.2, -0.15) is 5.10 Å². The van der Waals surface area contributed by atoms with E-state index in [1.54, 1.807) is 18.2 Å². The molecule has 1 heterocycles. The van der Waals surface area contributed by atoms with Crippen LogP contribution in [0.4, 0.5) is 0 Å². The van der Waals surface area contributed by atoms with Crippen molar-refractivity contribution < 1.29 is 19.1 Å². The van der Waals surface area contributed by atoms with Crippen LogP contribution in [0, 0.1) is 0 Å². The Labute approximate surface area is 172 Å². The van der Waals surface area contributed by atoms with Crippen molar-refractivity contribution in [2.24, 2.45) is 5.10 Å². The molecule has 6 nitrogen and oxygen atoms in total. The molecule has 3 rings (SSSR count). The number of hydrogen-bond donors (Lipinski definition) is 2. The maximum atomic E-state index is 12.0. The number of hydrazone groups is 1. The Bertz CT molecular complexity index is 1050. The zero-order valence-corrected chi connectivity index (χ0v) is 16.4. The van der Waals surface area contributed by atoms with Gasteiger partial charge >= 0.3 is 5.97 Å². The summed E-state index contributed by atoms with van der Waals surface area (Å²) in [6.45, 7) is 2.08. The molecule has 0 aliphatic rings. The minimum Gasteiger partial charge on any atom is -0.478 e. The van der Waals surface area contributed by atoms with Crippen LogP contribution in [0.1, 0.15) is 34.2 Å². The molecule has 0 radical (unpaired) electrons. The molecule has 0 aliphatic heterocycles. The van der Waals surface area contributed by atoms with E-state index in [9.17, 15) is 9.59 Å². The normalized spacial score (nSPS) is 11.0. The molecular formula is C22H19ClN2O4. The molecular weight excluding hydrogens is 392 g/mol. The number of nitrogens with one attached hydrogen (secondary N) is 1. The third-order valence-electron chi connectivity index (χ3n) is 4.29. The summed E-state index contributed by atoms with van der Waals surface area (Å²) in [5.41, 5.74) is 5.16. The van der Waals surface area contributed by atoms with Crippen molar-refractivity contribution >= 4 is 29.7 Å². The molecule has 7 heteroatoms. The summed E-state index contributed by atoms with van der Waals surface area (Å²) in [5.74, 6) is -0.467. The molecule has 0 aliphatic carbocycles. The van der Waals surface area contributed by atoms with Gasteiger partial charge < -0.3 is 9.52 Å². The number of rotatable bonds is 7. The Morgan fingerprint density at radius 3 is 2.52 bits per heavy atom. The lowest BCUT2D eigenvalue weighted by Gasteiger charge is -2.02. The maximum Gasteiger partial charge on any atom is 0.337 e. The standard InChI is InChI=1S/C22H19ClN2O4/c1-2-14-3-5-15(6-4-14)11-21(26)25-24-13-17-8-10-20(29-17)16-7-9-19(23)18(12-16)22(27)28/h3-10,12-13H,2,11H2,1H3,(H,25,26)(H,27,28)/b24-13-. The van der Waals surface area contributed by atoms with Gasteiger partial charge in [0.05, 0.1) is 23.2 Å². The summed E-state index contributed by atoms with van der Waals surface area (Å²) < 4.78 is 5.63. The Balaban J connectivity index is 1.61. The molecule has 2 aromatic carbocycles. The van der Waals surface area contributed by atoms with Gasteiger partial charge in [0.25, 0.3) is 0 Å². The van der Waals surface area contributed by atoms with Gasteiger partial charge in [0.2, 0.25) is 5.91 Å². The number of carbonyl (C=O) groups excluding carboxylic acids is 1. The Morgan fingerprint density at radius 1 is 1.10 bits per heavy atom. The van der Waals surface area contributed by atoms with Gasteiger partial charge in [-0.15, -0.1) is 0 Å². The van der Waals surface area contributed by atoms with Gasteiger partial charge in [-0.25, -0.2) is 10.2 Å². The fraction of sp³-hybridized carbons (Fsp3) is 0.136. The molecule has 0 bridgehead atoms. The highest BCUT2D eigenvalue weighted by atomic mass is 35.5. The maximum absolute atomic E-state index is 12.0. The average Bonchev–Trinajstić information content (AvgIpc) is 3.17. The number of aryl methyl sites for hydroxylation is 1. The van der Waals surface area contributed by atoms with Gasteiger partial charge in [0, 0.05) is 5.56 Å². The molecule has 29 heavy (non-hydrogen) atoms. The van der Waals surface area contributed by atoms with Crippen LogP contribution in [0.15, 0.2) is 64.1 Å². The van der Waals surface area contributed by atoms with E-state index in [1.165, 1.54) is 23.9 Å². The summed E-state index contributed by atoms with van der Waals surface area (Å²) in [6, 6.07) is 15.8. The number of carbonyl (C=O) groups is 2. The van der Waals surface area contributed by atoms with Crippen LogP contribution in [-0.4, -0.2) is 23.2 Å². The van der Waals surface area contributed by atoms with Crippen molar-refractivity contribution in [3.63, 3.8) is 0 Å². The number of amides is 1. The molecule has 2 N–H and O–H groups in total. The van der Waals surface area contributed by atoms with Crippen LogP contribution in [0.3, 0.4) is 0 Å². The van der Waals surface area contributed by atoms with E-state index < -0.39 is 5.97 Å². The van der Waals surface area contributed by atoms with Gasteiger partial charge in [-0.05, 0) is 47.9 Å². The lowest BCUT2D eigenvalue weighted by atomic mass is 10.1. The molecule has 0 fully saturated rings. The molecule has 0 unspecified atom stereocenters. The first-order valence-electron chi connectivity index (χ1n) is 8.99. The van der Waals surface area contributed by atoms with E-state index in [1.807, 2.05) is 24.3 Å². The van der Waals surface area contributed by atoms with Crippen molar-refractivity contribution in [2.75, 3.05) is 0 Å². The largest absolute Gasteiger partial charge is 0.478 e. The minimum absolute atomic E-state index is 0.00461. The first kappa shape index (κ1) is 20.4. The number of furan rings is 1. The van der Waals surface area contributed by atoms with Crippen LogP contribution in [-0.2, 0) is 17.6 Å². The number of carboxylic acid groups (broad SMARTS) is 1. The smallest absolute Gasteiger partial charge is 0.337 e. The zero-order valence-electron chi connectivity index (χ0n) is 15.7. The molecule has 0 saturated carbocycles. The molecule has 1 amide bonds. The summed E-state index contributed by atoms with van der Waals surface area (Å²) in [6.07, 6.45) is 2.57. The monoisotopic (exact) mass is 410 g/mol. The van der Waals surface area contributed by atoms with Crippen LogP contribution in [0.25, 0.3) is 11.3 Å². The second-order valence-electron chi connectivity index (χ2n) is 6.34. The molecule has 0 saturated heterocycles. The molecule has 0 spiro atoms. The third kappa shape index (κ3) is 5.33. The number of carboxylic acids is 1. The predicted octanol–water partition coefficient (Wildman–Crippen LogP) is 4.55. The fourth-order valence-corrected chi connectivity index (χ4v) is 2.90. The van der Waals surface area contributed by atoms with Crippen LogP contribution in [0.2, 0.25) is 5.02 Å². The molecule has 1 aromatic heterocycles. The minimum atomic E-state index is -1.11. The molecule has 148 valence electrons. The van der Waals surface area contributed by atoms with E-state index in [2.05, 4.69) is 17.5 Å². The number of nitrogens with zero attached hydrogens (tertiary/aromatic N) is 1. The Kier molecular flexibility index (Phi) is 6.46. The van der Waals surface area contributed by atoms with Crippen molar-refractivity contribution in [3.05, 3.63) is 82.1 Å². The summed E-state index contributed by atoms with van der Waals surface area (Å²) >= 11 is 5.88. The van der Waals surface area contributed by atoms with Crippen molar-refractivity contribution in [1.29, 1.82) is 0 Å². The fourth-order valence-electron chi connectivity index (χ4n) is 2.71. The van der Waals surface area contributed by atoms with Crippen molar-refractivity contribution in [2.45, 2.75) is 19.8 Å². The lowest BCUT2D eigenvalue weighted by molar-refractivity contribution is -0.120. The van der Waals surface area contributed by atoms with E-state index in [4.69, 9.17) is 21.1 Å². The Hall–Kier alpha value is -3.38. The SMILES string of the molecule is CCc1ccc(CC(=O)N/N=C\c2ccc(-c3ccc(Cl)c(C(=O)O)c3)o2)cc1. The van der Waals surface area contributed by atoms with E-state index >= 15 is 0 Å². The molecule has 3 aromatic rings. The Morgan fingerprint density at radius 2 is 1.83 bits per heavy atom. The summed E-state index contributed by atoms with van der Waals surface area (Å²) in [7, 11) is 0. The van der Waals surface area contributed by atoms with Crippen molar-refractivity contribution in [1.82, 2.24) is 5.43 Å². The van der Waals surface area contributed by atoms with E-state index in [-0.39, 0.29) is 22.9 Å². The number of hydrogen-bond acceptors (Lipinski definition) is 4. The summed E-state index contributed by atoms with van der Waals surface area (Å²) in [4.78, 5) is 23.2. The van der Waals surface area contributed by atoms with Gasteiger partial charge in [-0.1, -0.05) is 42.8 Å². The topological polar surface area (TPSA) is 91.9 Å². The lowest BCUT2D eigenvalue weighted by Crippen LogP contribution is -2.19. The highest BCUT2D eigenvalue weighted by Crippen LogP contribution is 2.26. The predicted molar refractivity (Wildman–Crippen MR) is 111 cm³/mol. The average molecular weight is 411 g/mol. The second-order valence-corrected chi connectivity index (χ2v) is 6.75. The van der Waals surface area contributed by atoms with Gasteiger partial charge in [-0.3, -0.25) is 4.79 Å². The molecule has 0 atom stereocenters.